The van der Waals surface area contributed by atoms with Gasteiger partial charge in [0.2, 0.25) is 0 Å². The maximum Gasteiger partial charge on any atom is 0.138 e. The largest absolute Gasteiger partial charge is 0.457 e. The van der Waals surface area contributed by atoms with Gasteiger partial charge in [-0.1, -0.05) is 30.3 Å². The summed E-state index contributed by atoms with van der Waals surface area (Å²) in [7, 11) is 0. The summed E-state index contributed by atoms with van der Waals surface area (Å²) in [4.78, 5) is 9.75. The number of anilines is 1. The molecule has 4 aromatic rings. The molecule has 0 aliphatic carbocycles. The Morgan fingerprint density at radius 1 is 0.962 bits per heavy atom. The first-order chi connectivity index (χ1) is 12.8. The van der Waals surface area contributed by atoms with Crippen LogP contribution < -0.4 is 10.1 Å². The molecule has 0 aliphatic heterocycles. The minimum Gasteiger partial charge on any atom is -0.457 e. The molecule has 0 atom stereocenters. The first-order valence-corrected chi connectivity index (χ1v) is 9.42. The summed E-state index contributed by atoms with van der Waals surface area (Å²) in [5, 5.41) is 6.69. The van der Waals surface area contributed by atoms with Gasteiger partial charge in [0.05, 0.1) is 5.39 Å². The Morgan fingerprint density at radius 3 is 2.54 bits per heavy atom. The molecule has 26 heavy (non-hydrogen) atoms. The molecule has 0 bridgehead atoms. The van der Waals surface area contributed by atoms with Crippen molar-refractivity contribution in [1.82, 2.24) is 9.97 Å². The lowest BCUT2D eigenvalue weighted by molar-refractivity contribution is 0.482. The van der Waals surface area contributed by atoms with Gasteiger partial charge in [0, 0.05) is 6.54 Å². The van der Waals surface area contributed by atoms with E-state index in [1.165, 1.54) is 11.1 Å². The van der Waals surface area contributed by atoms with Crippen LogP contribution in [-0.4, -0.2) is 16.5 Å². The van der Waals surface area contributed by atoms with Crippen LogP contribution in [-0.2, 0) is 6.42 Å². The molecule has 2 aromatic heterocycles. The fourth-order valence-electron chi connectivity index (χ4n) is 2.83. The molecule has 1 N–H and O–H groups in total. The van der Waals surface area contributed by atoms with Crippen LogP contribution in [0.15, 0.2) is 66.3 Å². The zero-order valence-electron chi connectivity index (χ0n) is 14.5. The lowest BCUT2D eigenvalue weighted by atomic mass is 10.1. The monoisotopic (exact) mass is 361 g/mol. The fraction of sp³-hybridized carbons (Fsp3) is 0.143. The van der Waals surface area contributed by atoms with Gasteiger partial charge in [0.1, 0.15) is 28.5 Å². The van der Waals surface area contributed by atoms with E-state index in [9.17, 15) is 0 Å². The molecule has 130 valence electrons. The molecular formula is C21H19N3OS. The van der Waals surface area contributed by atoms with Crippen molar-refractivity contribution in [2.45, 2.75) is 13.3 Å². The molecule has 0 spiro atoms. The van der Waals surface area contributed by atoms with Gasteiger partial charge in [-0.2, -0.15) is 0 Å². The molecule has 0 saturated heterocycles. The normalized spacial score (nSPS) is 10.8. The minimum absolute atomic E-state index is 0.820. The van der Waals surface area contributed by atoms with Crippen LogP contribution in [0.5, 0.6) is 11.5 Å². The SMILES string of the molecule is Cc1csc2ncnc(NCCc3ccc(Oc4ccccc4)cc3)c12. The van der Waals surface area contributed by atoms with E-state index in [1.807, 2.05) is 42.5 Å². The van der Waals surface area contributed by atoms with Crippen LogP contribution in [0.2, 0.25) is 0 Å². The summed E-state index contributed by atoms with van der Waals surface area (Å²) in [6, 6.07) is 18.0. The predicted molar refractivity (Wildman–Crippen MR) is 107 cm³/mol. The van der Waals surface area contributed by atoms with E-state index in [-0.39, 0.29) is 0 Å². The number of ether oxygens (including phenoxy) is 1. The Morgan fingerprint density at radius 2 is 1.73 bits per heavy atom. The number of fused-ring (bicyclic) bond motifs is 1. The molecule has 0 unspecified atom stereocenters. The molecule has 0 amide bonds. The lowest BCUT2D eigenvalue weighted by Gasteiger charge is -2.09. The number of aryl methyl sites for hydroxylation is 1. The van der Waals surface area contributed by atoms with E-state index in [0.29, 0.717) is 0 Å². The van der Waals surface area contributed by atoms with Crippen molar-refractivity contribution in [2.24, 2.45) is 0 Å². The average molecular weight is 361 g/mol. The number of rotatable bonds is 6. The molecule has 4 nitrogen and oxygen atoms in total. The van der Waals surface area contributed by atoms with Crippen LogP contribution in [0.25, 0.3) is 10.2 Å². The van der Waals surface area contributed by atoms with Gasteiger partial charge in [-0.15, -0.1) is 11.3 Å². The Hall–Kier alpha value is -2.92. The van der Waals surface area contributed by atoms with Crippen molar-refractivity contribution in [1.29, 1.82) is 0 Å². The Kier molecular flexibility index (Phi) is 4.80. The predicted octanol–water partition coefficient (Wildman–Crippen LogP) is 5.45. The van der Waals surface area contributed by atoms with E-state index in [2.05, 4.69) is 39.7 Å². The molecule has 0 fully saturated rings. The molecule has 5 heteroatoms. The van der Waals surface area contributed by atoms with Crippen LogP contribution >= 0.6 is 11.3 Å². The zero-order valence-corrected chi connectivity index (χ0v) is 15.3. The highest BCUT2D eigenvalue weighted by Gasteiger charge is 2.08. The minimum atomic E-state index is 0.820. The highest BCUT2D eigenvalue weighted by Crippen LogP contribution is 2.28. The van der Waals surface area contributed by atoms with Crippen LogP contribution in [0.1, 0.15) is 11.1 Å². The van der Waals surface area contributed by atoms with Crippen LogP contribution in [0.4, 0.5) is 5.82 Å². The van der Waals surface area contributed by atoms with Gasteiger partial charge < -0.3 is 10.1 Å². The smallest absolute Gasteiger partial charge is 0.138 e. The number of thiophene rings is 1. The number of para-hydroxylation sites is 1. The molecule has 4 rings (SSSR count). The van der Waals surface area contributed by atoms with Crippen molar-refractivity contribution in [3.05, 3.63) is 77.4 Å². The third kappa shape index (κ3) is 3.68. The standard InChI is InChI=1S/C21H19N3OS/c1-15-13-26-21-19(15)20(23-14-24-21)22-12-11-16-7-9-18(10-8-16)25-17-5-3-2-4-6-17/h2-10,13-14H,11-12H2,1H3,(H,22,23,24). The second-order valence-corrected chi connectivity index (χ2v) is 6.92. The third-order valence-electron chi connectivity index (χ3n) is 4.16. The van der Waals surface area contributed by atoms with Crippen molar-refractivity contribution in [2.75, 3.05) is 11.9 Å². The van der Waals surface area contributed by atoms with E-state index < -0.39 is 0 Å². The van der Waals surface area contributed by atoms with Gasteiger partial charge >= 0.3 is 0 Å². The van der Waals surface area contributed by atoms with E-state index >= 15 is 0 Å². The summed E-state index contributed by atoms with van der Waals surface area (Å²) < 4.78 is 5.83. The number of nitrogens with zero attached hydrogens (tertiary/aromatic N) is 2. The van der Waals surface area contributed by atoms with Crippen molar-refractivity contribution < 1.29 is 4.74 Å². The number of hydrogen-bond donors (Lipinski definition) is 1. The molecular weight excluding hydrogens is 342 g/mol. The molecule has 0 radical (unpaired) electrons. The number of hydrogen-bond acceptors (Lipinski definition) is 5. The van der Waals surface area contributed by atoms with E-state index in [1.54, 1.807) is 17.7 Å². The average Bonchev–Trinajstić information content (AvgIpc) is 3.06. The second kappa shape index (κ2) is 7.54. The summed E-state index contributed by atoms with van der Waals surface area (Å²) in [6.07, 6.45) is 2.54. The Labute approximate surface area is 156 Å². The Balaban J connectivity index is 1.37. The van der Waals surface area contributed by atoms with Gasteiger partial charge in [0.25, 0.3) is 0 Å². The van der Waals surface area contributed by atoms with E-state index in [4.69, 9.17) is 4.74 Å². The summed E-state index contributed by atoms with van der Waals surface area (Å²) >= 11 is 1.66. The lowest BCUT2D eigenvalue weighted by Crippen LogP contribution is -2.07. The van der Waals surface area contributed by atoms with Crippen LogP contribution in [0, 0.1) is 6.92 Å². The topological polar surface area (TPSA) is 47.0 Å². The summed E-state index contributed by atoms with van der Waals surface area (Å²) in [5.41, 5.74) is 2.47. The fourth-order valence-corrected chi connectivity index (χ4v) is 3.72. The molecule has 2 heterocycles. The van der Waals surface area contributed by atoms with Gasteiger partial charge in [-0.25, -0.2) is 9.97 Å². The van der Waals surface area contributed by atoms with Crippen LogP contribution in [0.3, 0.4) is 0 Å². The second-order valence-electron chi connectivity index (χ2n) is 6.06. The third-order valence-corrected chi connectivity index (χ3v) is 5.17. The first kappa shape index (κ1) is 16.5. The summed E-state index contributed by atoms with van der Waals surface area (Å²) in [5.74, 6) is 2.61. The highest BCUT2D eigenvalue weighted by molar-refractivity contribution is 7.17. The number of aromatic nitrogens is 2. The van der Waals surface area contributed by atoms with Crippen molar-refractivity contribution >= 4 is 27.4 Å². The molecule has 2 aromatic carbocycles. The van der Waals surface area contributed by atoms with Gasteiger partial charge in [0.15, 0.2) is 0 Å². The maximum atomic E-state index is 5.83. The van der Waals surface area contributed by atoms with Crippen molar-refractivity contribution in [3.8, 4) is 11.5 Å². The number of nitrogens with one attached hydrogen (secondary N) is 1. The molecule has 0 aliphatic rings. The zero-order chi connectivity index (χ0) is 17.8. The van der Waals surface area contributed by atoms with Crippen molar-refractivity contribution in [3.63, 3.8) is 0 Å². The van der Waals surface area contributed by atoms with Gasteiger partial charge in [-0.05, 0) is 54.1 Å². The maximum absolute atomic E-state index is 5.83. The molecule has 0 saturated carbocycles. The van der Waals surface area contributed by atoms with E-state index in [0.717, 1.165) is 40.5 Å². The first-order valence-electron chi connectivity index (χ1n) is 8.54. The highest BCUT2D eigenvalue weighted by atomic mass is 32.1. The van der Waals surface area contributed by atoms with Gasteiger partial charge in [-0.3, -0.25) is 0 Å². The quantitative estimate of drug-likeness (QED) is 0.496. The number of benzene rings is 2. The Bertz CT molecular complexity index is 997. The summed E-state index contributed by atoms with van der Waals surface area (Å²) in [6.45, 7) is 2.92.